The van der Waals surface area contributed by atoms with E-state index in [1.165, 1.54) is 26.2 Å². The predicted molar refractivity (Wildman–Crippen MR) is 111 cm³/mol. The number of benzene rings is 1. The van der Waals surface area contributed by atoms with Crippen LogP contribution in [-0.4, -0.2) is 32.2 Å². The molecular weight excluding hydrogens is 407 g/mol. The number of nitrogens with zero attached hydrogens (tertiary/aromatic N) is 3. The minimum absolute atomic E-state index is 0.0105. The highest BCUT2D eigenvalue weighted by Crippen LogP contribution is 2.21. The van der Waals surface area contributed by atoms with Crippen LogP contribution in [0.3, 0.4) is 0 Å². The van der Waals surface area contributed by atoms with E-state index < -0.39 is 29.7 Å². The number of aryl methyl sites for hydroxylation is 1. The first-order valence-electron chi connectivity index (χ1n) is 9.29. The van der Waals surface area contributed by atoms with E-state index in [1.54, 1.807) is 36.6 Å². The Morgan fingerprint density at radius 3 is 2.32 bits per heavy atom. The lowest BCUT2D eigenvalue weighted by molar-refractivity contribution is -0.119. The third-order valence-electron chi connectivity index (χ3n) is 4.86. The molecule has 31 heavy (non-hydrogen) atoms. The molecule has 0 aliphatic rings. The van der Waals surface area contributed by atoms with Crippen LogP contribution in [0, 0.1) is 19.7 Å². The summed E-state index contributed by atoms with van der Waals surface area (Å²) in [5, 5.41) is 2.38. The van der Waals surface area contributed by atoms with Crippen LogP contribution in [0.1, 0.15) is 21.7 Å². The molecule has 0 saturated heterocycles. The van der Waals surface area contributed by atoms with Gasteiger partial charge in [0, 0.05) is 37.2 Å². The van der Waals surface area contributed by atoms with E-state index in [0.29, 0.717) is 11.4 Å². The average Bonchev–Trinajstić information content (AvgIpc) is 3.03. The monoisotopic (exact) mass is 428 g/mol. The molecule has 2 aromatic heterocycles. The molecule has 1 amide bonds. The highest BCUT2D eigenvalue weighted by molar-refractivity contribution is 5.95. The summed E-state index contributed by atoms with van der Waals surface area (Å²) in [5.74, 6) is -1.80. The first-order valence-corrected chi connectivity index (χ1v) is 9.29. The number of carbonyl (C=O) groups excluding carboxylic acids is 2. The summed E-state index contributed by atoms with van der Waals surface area (Å²) in [4.78, 5) is 48.3. The summed E-state index contributed by atoms with van der Waals surface area (Å²) >= 11 is 0. The number of nitrogens with one attached hydrogen (secondary N) is 1. The second-order valence-corrected chi connectivity index (χ2v) is 6.99. The van der Waals surface area contributed by atoms with Gasteiger partial charge in [-0.1, -0.05) is 0 Å². The van der Waals surface area contributed by atoms with Gasteiger partial charge >= 0.3 is 11.7 Å². The Hall–Kier alpha value is -3.95. The molecule has 10 heteroatoms. The fraction of sp³-hybridized carbons (Fsp3) is 0.238. The van der Waals surface area contributed by atoms with Crippen LogP contribution >= 0.6 is 0 Å². The van der Waals surface area contributed by atoms with Crippen molar-refractivity contribution in [3.8, 4) is 5.69 Å². The third kappa shape index (κ3) is 4.32. The third-order valence-corrected chi connectivity index (χ3v) is 4.86. The van der Waals surface area contributed by atoms with Crippen molar-refractivity contribution in [1.29, 1.82) is 0 Å². The first-order chi connectivity index (χ1) is 14.6. The van der Waals surface area contributed by atoms with Crippen molar-refractivity contribution in [2.45, 2.75) is 13.8 Å². The predicted octanol–water partition coefficient (Wildman–Crippen LogP) is 1.43. The molecule has 9 nitrogen and oxygen atoms in total. The van der Waals surface area contributed by atoms with Crippen molar-refractivity contribution in [2.24, 2.45) is 14.1 Å². The van der Waals surface area contributed by atoms with Gasteiger partial charge in [0.2, 0.25) is 0 Å². The molecule has 162 valence electrons. The van der Waals surface area contributed by atoms with Crippen LogP contribution in [0.25, 0.3) is 5.69 Å². The fourth-order valence-corrected chi connectivity index (χ4v) is 3.20. The molecule has 0 saturated carbocycles. The standard InChI is InChI=1S/C21H21FN4O5/c1-12-9-16(13(2)26(12)15-7-5-14(22)6-8-15)20(29)31-11-18(27)23-17-10-19(28)25(4)21(30)24(17)3/h5-10H,11H2,1-4H3,(H,23,27). The largest absolute Gasteiger partial charge is 0.452 e. The van der Waals surface area contributed by atoms with Gasteiger partial charge in [-0.05, 0) is 44.2 Å². The maximum Gasteiger partial charge on any atom is 0.340 e. The van der Waals surface area contributed by atoms with Crippen molar-refractivity contribution in [3.05, 3.63) is 80.0 Å². The van der Waals surface area contributed by atoms with Gasteiger partial charge in [0.25, 0.3) is 11.5 Å². The topological polar surface area (TPSA) is 104 Å². The zero-order valence-corrected chi connectivity index (χ0v) is 17.4. The van der Waals surface area contributed by atoms with Gasteiger partial charge in [-0.25, -0.2) is 14.0 Å². The van der Waals surface area contributed by atoms with E-state index in [2.05, 4.69) is 5.32 Å². The highest BCUT2D eigenvalue weighted by atomic mass is 19.1. The molecule has 1 N–H and O–H groups in total. The van der Waals surface area contributed by atoms with Crippen LogP contribution in [0.5, 0.6) is 0 Å². The number of amides is 1. The molecular formula is C21H21FN4O5. The summed E-state index contributed by atoms with van der Waals surface area (Å²) < 4.78 is 22.1. The quantitative estimate of drug-likeness (QED) is 0.619. The molecule has 0 fully saturated rings. The zero-order chi connectivity index (χ0) is 22.9. The van der Waals surface area contributed by atoms with Gasteiger partial charge in [-0.3, -0.25) is 18.7 Å². The van der Waals surface area contributed by atoms with Gasteiger partial charge in [0.1, 0.15) is 11.6 Å². The van der Waals surface area contributed by atoms with Gasteiger partial charge in [0.05, 0.1) is 5.56 Å². The van der Waals surface area contributed by atoms with Crippen LogP contribution in [0.15, 0.2) is 46.0 Å². The molecule has 0 bridgehead atoms. The number of carbonyl (C=O) groups is 2. The first kappa shape index (κ1) is 21.8. The van der Waals surface area contributed by atoms with E-state index in [4.69, 9.17) is 4.74 Å². The summed E-state index contributed by atoms with van der Waals surface area (Å²) in [6.45, 7) is 2.89. The number of rotatable bonds is 5. The Morgan fingerprint density at radius 1 is 1.03 bits per heavy atom. The summed E-state index contributed by atoms with van der Waals surface area (Å²) in [7, 11) is 2.72. The van der Waals surface area contributed by atoms with Crippen LogP contribution in [0.2, 0.25) is 0 Å². The number of aromatic nitrogens is 3. The van der Waals surface area contributed by atoms with Gasteiger partial charge < -0.3 is 14.6 Å². The molecule has 0 radical (unpaired) electrons. The minimum atomic E-state index is -0.713. The lowest BCUT2D eigenvalue weighted by atomic mass is 10.2. The number of hydrogen-bond donors (Lipinski definition) is 1. The number of hydrogen-bond acceptors (Lipinski definition) is 5. The zero-order valence-electron chi connectivity index (χ0n) is 17.4. The molecule has 0 aliphatic carbocycles. The summed E-state index contributed by atoms with van der Waals surface area (Å²) in [5.41, 5.74) is 1.06. The van der Waals surface area contributed by atoms with E-state index >= 15 is 0 Å². The Labute approximate surface area is 176 Å². The molecule has 0 unspecified atom stereocenters. The molecule has 2 heterocycles. The minimum Gasteiger partial charge on any atom is -0.452 e. The summed E-state index contributed by atoms with van der Waals surface area (Å²) in [6.07, 6.45) is 0. The molecule has 0 atom stereocenters. The maximum absolute atomic E-state index is 13.2. The van der Waals surface area contributed by atoms with E-state index in [9.17, 15) is 23.6 Å². The van der Waals surface area contributed by atoms with E-state index in [0.717, 1.165) is 20.9 Å². The second-order valence-electron chi connectivity index (χ2n) is 6.99. The van der Waals surface area contributed by atoms with E-state index in [-0.39, 0.29) is 17.2 Å². The summed E-state index contributed by atoms with van der Waals surface area (Å²) in [6, 6.07) is 8.53. The number of ether oxygens (including phenoxy) is 1. The van der Waals surface area contributed by atoms with Crippen molar-refractivity contribution in [1.82, 2.24) is 13.7 Å². The molecule has 0 aliphatic heterocycles. The normalized spacial score (nSPS) is 10.7. The fourth-order valence-electron chi connectivity index (χ4n) is 3.20. The van der Waals surface area contributed by atoms with Gasteiger partial charge in [0.15, 0.2) is 6.61 Å². The lowest BCUT2D eigenvalue weighted by Crippen LogP contribution is -2.38. The SMILES string of the molecule is Cc1cc(C(=O)OCC(=O)Nc2cc(=O)n(C)c(=O)n2C)c(C)n1-c1ccc(F)cc1. The van der Waals surface area contributed by atoms with Crippen molar-refractivity contribution < 1.29 is 18.7 Å². The lowest BCUT2D eigenvalue weighted by Gasteiger charge is -2.11. The van der Waals surface area contributed by atoms with Crippen molar-refractivity contribution in [3.63, 3.8) is 0 Å². The Kier molecular flexibility index (Phi) is 5.91. The number of anilines is 1. The number of halogens is 1. The van der Waals surface area contributed by atoms with Gasteiger partial charge in [-0.2, -0.15) is 0 Å². The second kappa shape index (κ2) is 8.42. The molecule has 3 rings (SSSR count). The van der Waals surface area contributed by atoms with Crippen molar-refractivity contribution >= 4 is 17.7 Å². The molecule has 3 aromatic rings. The van der Waals surface area contributed by atoms with Crippen molar-refractivity contribution in [2.75, 3.05) is 11.9 Å². The Morgan fingerprint density at radius 2 is 1.68 bits per heavy atom. The Bertz CT molecular complexity index is 1280. The van der Waals surface area contributed by atoms with Crippen LogP contribution in [-0.2, 0) is 23.6 Å². The molecule has 1 aromatic carbocycles. The molecule has 0 spiro atoms. The van der Waals surface area contributed by atoms with Crippen LogP contribution < -0.4 is 16.6 Å². The Balaban J connectivity index is 1.72. The number of esters is 1. The average molecular weight is 428 g/mol. The maximum atomic E-state index is 13.2. The van der Waals surface area contributed by atoms with Crippen LogP contribution in [0.4, 0.5) is 10.2 Å². The van der Waals surface area contributed by atoms with Gasteiger partial charge in [-0.15, -0.1) is 0 Å². The highest BCUT2D eigenvalue weighted by Gasteiger charge is 2.19. The smallest absolute Gasteiger partial charge is 0.340 e. The van der Waals surface area contributed by atoms with E-state index in [1.807, 2.05) is 0 Å².